The van der Waals surface area contributed by atoms with Crippen molar-refractivity contribution in [2.75, 3.05) is 0 Å². The van der Waals surface area contributed by atoms with E-state index in [1.54, 1.807) is 0 Å². The van der Waals surface area contributed by atoms with E-state index in [0.717, 1.165) is 12.8 Å². The fourth-order valence-electron chi connectivity index (χ4n) is 2.54. The van der Waals surface area contributed by atoms with Crippen LogP contribution in [-0.2, 0) is 11.2 Å². The van der Waals surface area contributed by atoms with Gasteiger partial charge in [-0.15, -0.1) is 0 Å². The van der Waals surface area contributed by atoms with Crippen LogP contribution < -0.4 is 0 Å². The molecule has 1 aromatic heterocycles. The third-order valence-corrected chi connectivity index (χ3v) is 3.70. The lowest BCUT2D eigenvalue weighted by molar-refractivity contribution is -0.119. The molecule has 4 nitrogen and oxygen atoms in total. The lowest BCUT2D eigenvalue weighted by Gasteiger charge is -2.01. The van der Waals surface area contributed by atoms with Crippen LogP contribution in [0.2, 0.25) is 0 Å². The molecule has 3 rings (SSSR count). The fraction of sp³-hybridized carbons (Fsp3) is 0.400. The smallest absolute Gasteiger partial charge is 0.237 e. The summed E-state index contributed by atoms with van der Waals surface area (Å²) in [5.74, 6) is 1.21. The first-order chi connectivity index (χ1) is 9.24. The summed E-state index contributed by atoms with van der Waals surface area (Å²) in [7, 11) is 0. The number of hydrogen-bond donors (Lipinski definition) is 0. The normalized spacial score (nSPS) is 19.0. The third-order valence-electron chi connectivity index (χ3n) is 3.70. The van der Waals surface area contributed by atoms with Crippen LogP contribution in [0.15, 0.2) is 28.8 Å². The molecule has 1 aliphatic carbocycles. The summed E-state index contributed by atoms with van der Waals surface area (Å²) in [6.07, 6.45) is 3.06. The molecule has 1 heterocycles. The quantitative estimate of drug-likeness (QED) is 0.847. The number of benzene rings is 1. The van der Waals surface area contributed by atoms with Crippen molar-refractivity contribution in [2.24, 2.45) is 0 Å². The highest BCUT2D eigenvalue weighted by atomic mass is 16.5. The minimum Gasteiger partial charge on any atom is -0.339 e. The second kappa shape index (κ2) is 4.96. The molecule has 1 aromatic carbocycles. The van der Waals surface area contributed by atoms with Crippen LogP contribution in [0.4, 0.5) is 0 Å². The lowest BCUT2D eigenvalue weighted by atomic mass is 10.1. The minimum atomic E-state index is -0.168. The molecule has 1 unspecified atom stereocenters. The summed E-state index contributed by atoms with van der Waals surface area (Å²) < 4.78 is 5.25. The molecule has 0 bridgehead atoms. The van der Waals surface area contributed by atoms with Crippen LogP contribution in [0.25, 0.3) is 0 Å². The molecule has 0 saturated heterocycles. The number of rotatable bonds is 3. The first kappa shape index (κ1) is 12.1. The second-order valence-corrected chi connectivity index (χ2v) is 5.06. The Hall–Kier alpha value is -1.97. The zero-order valence-electron chi connectivity index (χ0n) is 10.9. The number of hydrogen-bond acceptors (Lipinski definition) is 4. The Bertz CT molecular complexity index is 604. The minimum absolute atomic E-state index is 0.168. The van der Waals surface area contributed by atoms with Gasteiger partial charge in [0.15, 0.2) is 5.82 Å². The van der Waals surface area contributed by atoms with Crippen LogP contribution in [0.3, 0.4) is 0 Å². The van der Waals surface area contributed by atoms with E-state index in [2.05, 4.69) is 29.2 Å². The molecular weight excluding hydrogens is 240 g/mol. The monoisotopic (exact) mass is 256 g/mol. The van der Waals surface area contributed by atoms with Crippen LogP contribution in [0, 0.1) is 6.92 Å². The van der Waals surface area contributed by atoms with Crippen molar-refractivity contribution in [2.45, 2.75) is 38.5 Å². The van der Waals surface area contributed by atoms with Gasteiger partial charge in [-0.2, -0.15) is 4.98 Å². The van der Waals surface area contributed by atoms with Gasteiger partial charge in [0.05, 0.1) is 5.92 Å². The van der Waals surface area contributed by atoms with Gasteiger partial charge < -0.3 is 4.52 Å². The molecule has 0 aliphatic heterocycles. The summed E-state index contributed by atoms with van der Waals surface area (Å²) >= 11 is 0. The van der Waals surface area contributed by atoms with Crippen LogP contribution in [-0.4, -0.2) is 15.9 Å². The van der Waals surface area contributed by atoms with Crippen LogP contribution >= 0.6 is 0 Å². The SMILES string of the molecule is Cc1ccccc1Cc1noc(C2CCCC2=O)n1. The molecule has 1 aliphatic rings. The molecule has 0 radical (unpaired) electrons. The highest BCUT2D eigenvalue weighted by molar-refractivity contribution is 5.86. The van der Waals surface area contributed by atoms with E-state index in [1.165, 1.54) is 11.1 Å². The molecule has 4 heteroatoms. The summed E-state index contributed by atoms with van der Waals surface area (Å²) in [5, 5.41) is 3.99. The predicted octanol–water partition coefficient (Wildman–Crippen LogP) is 2.81. The Labute approximate surface area is 111 Å². The van der Waals surface area contributed by atoms with E-state index in [0.29, 0.717) is 24.6 Å². The van der Waals surface area contributed by atoms with Gasteiger partial charge in [-0.05, 0) is 30.9 Å². The zero-order valence-corrected chi connectivity index (χ0v) is 10.9. The first-order valence-corrected chi connectivity index (χ1v) is 6.64. The van der Waals surface area contributed by atoms with Crippen LogP contribution in [0.1, 0.15) is 48.0 Å². The van der Waals surface area contributed by atoms with Gasteiger partial charge in [-0.1, -0.05) is 29.4 Å². The summed E-state index contributed by atoms with van der Waals surface area (Å²) in [6, 6.07) is 8.14. The maximum Gasteiger partial charge on any atom is 0.237 e. The Kier molecular flexibility index (Phi) is 3.15. The largest absolute Gasteiger partial charge is 0.339 e. The van der Waals surface area contributed by atoms with E-state index in [9.17, 15) is 4.79 Å². The third kappa shape index (κ3) is 2.43. The molecule has 1 fully saturated rings. The van der Waals surface area contributed by atoms with E-state index in [-0.39, 0.29) is 11.7 Å². The number of aryl methyl sites for hydroxylation is 1. The topological polar surface area (TPSA) is 56.0 Å². The van der Waals surface area contributed by atoms with Gasteiger partial charge in [0.2, 0.25) is 5.89 Å². The average molecular weight is 256 g/mol. The van der Waals surface area contributed by atoms with Gasteiger partial charge >= 0.3 is 0 Å². The average Bonchev–Trinajstić information content (AvgIpc) is 3.01. The highest BCUT2D eigenvalue weighted by Crippen LogP contribution is 2.30. The number of ketones is 1. The van der Waals surface area contributed by atoms with E-state index >= 15 is 0 Å². The molecule has 98 valence electrons. The van der Waals surface area contributed by atoms with Crippen molar-refractivity contribution in [3.05, 3.63) is 47.1 Å². The standard InChI is InChI=1S/C15H16N2O2/c1-10-5-2-3-6-11(10)9-14-16-15(19-17-14)12-7-4-8-13(12)18/h2-3,5-6,12H,4,7-9H2,1H3. The number of Topliss-reactive ketones (excluding diaryl/α,β-unsaturated/α-hetero) is 1. The highest BCUT2D eigenvalue weighted by Gasteiger charge is 2.30. The van der Waals surface area contributed by atoms with Gasteiger partial charge in [0, 0.05) is 12.8 Å². The van der Waals surface area contributed by atoms with Crippen molar-refractivity contribution < 1.29 is 9.32 Å². The Morgan fingerprint density at radius 2 is 2.21 bits per heavy atom. The number of carbonyl (C=O) groups is 1. The summed E-state index contributed by atoms with van der Waals surface area (Å²) in [6.45, 7) is 2.07. The number of aromatic nitrogens is 2. The van der Waals surface area contributed by atoms with Gasteiger partial charge in [-0.25, -0.2) is 0 Å². The maximum absolute atomic E-state index is 11.7. The predicted molar refractivity (Wildman–Crippen MR) is 69.9 cm³/mol. The molecule has 0 amide bonds. The number of carbonyl (C=O) groups excluding carboxylic acids is 1. The van der Waals surface area contributed by atoms with Crippen molar-refractivity contribution in [3.8, 4) is 0 Å². The summed E-state index contributed by atoms with van der Waals surface area (Å²) in [5.41, 5.74) is 2.40. The van der Waals surface area contributed by atoms with E-state index < -0.39 is 0 Å². The first-order valence-electron chi connectivity index (χ1n) is 6.64. The van der Waals surface area contributed by atoms with E-state index in [4.69, 9.17) is 4.52 Å². The molecule has 1 atom stereocenters. The molecular formula is C15H16N2O2. The van der Waals surface area contributed by atoms with Gasteiger partial charge in [-0.3, -0.25) is 4.79 Å². The Balaban J connectivity index is 1.78. The molecule has 19 heavy (non-hydrogen) atoms. The maximum atomic E-state index is 11.7. The van der Waals surface area contributed by atoms with Crippen molar-refractivity contribution >= 4 is 5.78 Å². The molecule has 1 saturated carbocycles. The lowest BCUT2D eigenvalue weighted by Crippen LogP contribution is -2.04. The van der Waals surface area contributed by atoms with Crippen molar-refractivity contribution in [3.63, 3.8) is 0 Å². The fourth-order valence-corrected chi connectivity index (χ4v) is 2.54. The molecule has 0 N–H and O–H groups in total. The van der Waals surface area contributed by atoms with Gasteiger partial charge in [0.1, 0.15) is 5.78 Å². The zero-order chi connectivity index (χ0) is 13.2. The van der Waals surface area contributed by atoms with Gasteiger partial charge in [0.25, 0.3) is 0 Å². The van der Waals surface area contributed by atoms with Crippen molar-refractivity contribution in [1.82, 2.24) is 10.1 Å². The number of nitrogens with zero attached hydrogens (tertiary/aromatic N) is 2. The Morgan fingerprint density at radius 3 is 2.95 bits per heavy atom. The van der Waals surface area contributed by atoms with Crippen LogP contribution in [0.5, 0.6) is 0 Å². The van der Waals surface area contributed by atoms with Crippen molar-refractivity contribution in [1.29, 1.82) is 0 Å². The molecule has 2 aromatic rings. The van der Waals surface area contributed by atoms with E-state index in [1.807, 2.05) is 12.1 Å². The molecule has 0 spiro atoms. The Morgan fingerprint density at radius 1 is 1.37 bits per heavy atom. The second-order valence-electron chi connectivity index (χ2n) is 5.06. The summed E-state index contributed by atoms with van der Waals surface area (Å²) in [4.78, 5) is 16.0.